The monoisotopic (exact) mass is 570 g/mol. The van der Waals surface area contributed by atoms with Crippen LogP contribution in [0.25, 0.3) is 0 Å². The van der Waals surface area contributed by atoms with E-state index >= 15 is 0 Å². The number of benzene rings is 1. The molecule has 222 valence electrons. The topological polar surface area (TPSA) is 146 Å². The summed E-state index contributed by atoms with van der Waals surface area (Å²) in [5.74, 6) is -3.86. The Kier molecular flexibility index (Phi) is 7.19. The Morgan fingerprint density at radius 1 is 1.00 bits per heavy atom. The van der Waals surface area contributed by atoms with Crippen LogP contribution < -0.4 is 0 Å². The van der Waals surface area contributed by atoms with Gasteiger partial charge >= 0.3 is 17.9 Å². The van der Waals surface area contributed by atoms with Crippen molar-refractivity contribution in [1.82, 2.24) is 0 Å². The van der Waals surface area contributed by atoms with Crippen LogP contribution in [0.2, 0.25) is 0 Å². The van der Waals surface area contributed by atoms with Crippen molar-refractivity contribution in [2.24, 2.45) is 22.7 Å². The summed E-state index contributed by atoms with van der Waals surface area (Å²) in [6.07, 6.45) is -5.45. The number of esters is 3. The van der Waals surface area contributed by atoms with E-state index in [1.54, 1.807) is 58.0 Å². The molecule has 10 nitrogen and oxygen atoms in total. The predicted molar refractivity (Wildman–Crippen MR) is 143 cm³/mol. The van der Waals surface area contributed by atoms with Gasteiger partial charge in [0.25, 0.3) is 0 Å². The van der Waals surface area contributed by atoms with Crippen LogP contribution in [0, 0.1) is 22.7 Å². The van der Waals surface area contributed by atoms with E-state index in [-0.39, 0.29) is 36.5 Å². The molecule has 41 heavy (non-hydrogen) atoms. The Morgan fingerprint density at radius 2 is 1.63 bits per heavy atom. The van der Waals surface area contributed by atoms with Gasteiger partial charge in [0.05, 0.1) is 29.8 Å². The second-order valence-corrected chi connectivity index (χ2v) is 12.6. The highest BCUT2D eigenvalue weighted by atomic mass is 16.6. The van der Waals surface area contributed by atoms with Crippen LogP contribution in [0.15, 0.2) is 41.5 Å². The van der Waals surface area contributed by atoms with Gasteiger partial charge in [-0.15, -0.1) is 0 Å². The zero-order valence-electron chi connectivity index (χ0n) is 24.2. The van der Waals surface area contributed by atoms with Gasteiger partial charge in [-0.05, 0) is 37.1 Å². The molecule has 2 unspecified atom stereocenters. The zero-order valence-corrected chi connectivity index (χ0v) is 24.2. The maximum absolute atomic E-state index is 14.7. The van der Waals surface area contributed by atoms with Crippen LogP contribution >= 0.6 is 0 Å². The molecule has 2 bridgehead atoms. The van der Waals surface area contributed by atoms with Crippen molar-refractivity contribution in [3.8, 4) is 0 Å². The highest BCUT2D eigenvalue weighted by Gasteiger charge is 2.72. The summed E-state index contributed by atoms with van der Waals surface area (Å²) >= 11 is 0. The standard InChI is InChI=1S/C31H38O10/c1-15-21(39-16(2)32)13-31(37)27(41-28(36)18-10-8-7-9-11-18)24-19-14-38-20(19)12-22(34)30(24,6)26(35)25(40-17(3)33)23(15)29(31,4)5/h7-11,19-22,24-25,27,34,37H,12-14H2,1-6H3/t19?,20?,21-,22-,24-,25+,27-,30+,31+/m0/s1. The minimum Gasteiger partial charge on any atom is -0.458 e. The van der Waals surface area contributed by atoms with E-state index in [1.807, 2.05) is 0 Å². The van der Waals surface area contributed by atoms with E-state index in [2.05, 4.69) is 0 Å². The highest BCUT2D eigenvalue weighted by molar-refractivity contribution is 5.95. The van der Waals surface area contributed by atoms with Crippen molar-refractivity contribution in [3.63, 3.8) is 0 Å². The van der Waals surface area contributed by atoms with Gasteiger partial charge < -0.3 is 29.2 Å². The number of carbonyl (C=O) groups is 4. The molecule has 0 aromatic heterocycles. The van der Waals surface area contributed by atoms with Crippen molar-refractivity contribution >= 4 is 23.7 Å². The van der Waals surface area contributed by atoms with Crippen LogP contribution in [-0.4, -0.2) is 76.6 Å². The van der Waals surface area contributed by atoms with Gasteiger partial charge in [-0.3, -0.25) is 14.4 Å². The molecule has 1 saturated heterocycles. The average Bonchev–Trinajstić information content (AvgIpc) is 2.88. The third-order valence-corrected chi connectivity index (χ3v) is 10.1. The van der Waals surface area contributed by atoms with Crippen molar-refractivity contribution < 1.29 is 48.3 Å². The number of ether oxygens (including phenoxy) is 4. The Morgan fingerprint density at radius 3 is 2.20 bits per heavy atom. The molecule has 3 aliphatic carbocycles. The Balaban J connectivity index is 1.79. The second-order valence-electron chi connectivity index (χ2n) is 12.6. The average molecular weight is 571 g/mol. The summed E-state index contributed by atoms with van der Waals surface area (Å²) in [6, 6.07) is 8.31. The van der Waals surface area contributed by atoms with Crippen LogP contribution in [0.5, 0.6) is 0 Å². The fourth-order valence-electron chi connectivity index (χ4n) is 7.76. The molecule has 3 fully saturated rings. The molecule has 0 radical (unpaired) electrons. The minimum absolute atomic E-state index is 0.149. The highest BCUT2D eigenvalue weighted by Crippen LogP contribution is 2.62. The summed E-state index contributed by atoms with van der Waals surface area (Å²) in [4.78, 5) is 52.9. The molecule has 5 rings (SSSR count). The Labute approximate surface area is 239 Å². The molecule has 9 atom stereocenters. The largest absolute Gasteiger partial charge is 0.458 e. The van der Waals surface area contributed by atoms with Crippen molar-refractivity contribution in [3.05, 3.63) is 47.0 Å². The molecular weight excluding hydrogens is 532 g/mol. The van der Waals surface area contributed by atoms with Crippen LogP contribution in [-0.2, 0) is 33.3 Å². The molecule has 1 aliphatic heterocycles. The molecule has 0 amide bonds. The normalized spacial score (nSPS) is 39.2. The van der Waals surface area contributed by atoms with Gasteiger partial charge in [0, 0.05) is 43.9 Å². The first kappa shape index (κ1) is 29.4. The summed E-state index contributed by atoms with van der Waals surface area (Å²) in [6.45, 7) is 9.34. The maximum Gasteiger partial charge on any atom is 0.338 e. The lowest BCUT2D eigenvalue weighted by Gasteiger charge is -2.64. The number of Topliss-reactive ketones (excluding diaryl/α,β-unsaturated/α-hetero) is 1. The first-order valence-corrected chi connectivity index (χ1v) is 14.0. The fourth-order valence-corrected chi connectivity index (χ4v) is 7.76. The van der Waals surface area contributed by atoms with Gasteiger partial charge in [0.2, 0.25) is 0 Å². The summed E-state index contributed by atoms with van der Waals surface area (Å²) in [5.41, 5.74) is -3.85. The van der Waals surface area contributed by atoms with Gasteiger partial charge in [-0.25, -0.2) is 4.79 Å². The molecule has 2 N–H and O–H groups in total. The molecule has 1 aromatic rings. The maximum atomic E-state index is 14.7. The number of hydrogen-bond acceptors (Lipinski definition) is 10. The van der Waals surface area contributed by atoms with E-state index < -0.39 is 76.6 Å². The zero-order chi connectivity index (χ0) is 30.1. The van der Waals surface area contributed by atoms with Gasteiger partial charge in [-0.2, -0.15) is 0 Å². The SMILES string of the molecule is CC(=O)O[C@H]1C(=O)[C@]2(C)[C@@H](O)CC3OCC3[C@H]2[C@H](OC(=O)c2ccccc2)[C@]2(O)C[C@H](OC(C)=O)C(C)=C1C2(C)C. The van der Waals surface area contributed by atoms with Crippen LogP contribution in [0.1, 0.15) is 64.7 Å². The first-order valence-electron chi connectivity index (χ1n) is 14.0. The van der Waals surface area contributed by atoms with Crippen LogP contribution in [0.3, 0.4) is 0 Å². The van der Waals surface area contributed by atoms with E-state index in [1.165, 1.54) is 13.8 Å². The van der Waals surface area contributed by atoms with Gasteiger partial charge in [-0.1, -0.05) is 32.0 Å². The van der Waals surface area contributed by atoms with Gasteiger partial charge in [0.1, 0.15) is 17.8 Å². The summed E-state index contributed by atoms with van der Waals surface area (Å²) in [5, 5.41) is 24.5. The molecule has 0 spiro atoms. The second kappa shape index (κ2) is 10.0. The quantitative estimate of drug-likeness (QED) is 0.315. The van der Waals surface area contributed by atoms with E-state index in [4.69, 9.17) is 18.9 Å². The number of hydrogen-bond donors (Lipinski definition) is 2. The molecule has 1 heterocycles. The molecule has 4 aliphatic rings. The van der Waals surface area contributed by atoms with Crippen LogP contribution in [0.4, 0.5) is 0 Å². The fraction of sp³-hybridized carbons (Fsp3) is 0.613. The summed E-state index contributed by atoms with van der Waals surface area (Å²) < 4.78 is 23.4. The number of fused-ring (bicyclic) bond motifs is 5. The Bertz CT molecular complexity index is 1300. The smallest absolute Gasteiger partial charge is 0.338 e. The lowest BCUT2D eigenvalue weighted by atomic mass is 9.46. The molecule has 2 saturated carbocycles. The lowest BCUT2D eigenvalue weighted by molar-refractivity contribution is -0.277. The predicted octanol–water partition coefficient (Wildman–Crippen LogP) is 2.54. The van der Waals surface area contributed by atoms with E-state index in [0.29, 0.717) is 5.57 Å². The van der Waals surface area contributed by atoms with Crippen molar-refractivity contribution in [2.45, 2.75) is 90.5 Å². The molecule has 10 heteroatoms. The van der Waals surface area contributed by atoms with Gasteiger partial charge in [0.15, 0.2) is 11.9 Å². The third kappa shape index (κ3) is 4.33. The number of carbonyl (C=O) groups excluding carboxylic acids is 4. The first-order chi connectivity index (χ1) is 19.1. The Hall–Kier alpha value is -3.08. The number of aliphatic hydroxyl groups is 2. The van der Waals surface area contributed by atoms with Crippen molar-refractivity contribution in [1.29, 1.82) is 0 Å². The summed E-state index contributed by atoms with van der Waals surface area (Å²) in [7, 11) is 0. The number of aliphatic hydroxyl groups excluding tert-OH is 1. The third-order valence-electron chi connectivity index (χ3n) is 10.1. The molecule has 1 aromatic carbocycles. The lowest BCUT2D eigenvalue weighted by Crippen LogP contribution is -2.75. The number of ketones is 1. The van der Waals surface area contributed by atoms with E-state index in [9.17, 15) is 29.4 Å². The van der Waals surface area contributed by atoms with E-state index in [0.717, 1.165) is 0 Å². The molecular formula is C31H38O10. The van der Waals surface area contributed by atoms with Crippen molar-refractivity contribution in [2.75, 3.05) is 6.61 Å². The number of rotatable bonds is 4. The minimum atomic E-state index is -1.92.